The van der Waals surface area contributed by atoms with E-state index in [1.807, 2.05) is 67.6 Å². The Bertz CT molecular complexity index is 943. The van der Waals surface area contributed by atoms with E-state index in [1.165, 1.54) is 23.1 Å². The first-order valence-electron chi connectivity index (χ1n) is 9.45. The van der Waals surface area contributed by atoms with Crippen LogP contribution < -0.4 is 10.6 Å². The Balaban J connectivity index is 1.71. The Kier molecular flexibility index (Phi) is 7.84. The van der Waals surface area contributed by atoms with Gasteiger partial charge in [-0.15, -0.1) is 0 Å². The topological polar surface area (TPSA) is 71.1 Å². The number of rotatable bonds is 9. The molecule has 0 saturated heterocycles. The number of aromatic nitrogens is 1. The zero-order chi connectivity index (χ0) is 20.5. The van der Waals surface area contributed by atoms with Gasteiger partial charge in [0.2, 0.25) is 11.8 Å². The van der Waals surface area contributed by atoms with Crippen molar-refractivity contribution in [2.45, 2.75) is 24.1 Å². The maximum absolute atomic E-state index is 12.5. The summed E-state index contributed by atoms with van der Waals surface area (Å²) in [6.07, 6.45) is 1.09. The van der Waals surface area contributed by atoms with Crippen LogP contribution in [0.2, 0.25) is 0 Å². The molecule has 0 fully saturated rings. The average molecular weight is 426 g/mol. The fourth-order valence-electron chi connectivity index (χ4n) is 2.71. The Labute approximate surface area is 179 Å². The van der Waals surface area contributed by atoms with Crippen molar-refractivity contribution in [2.75, 3.05) is 17.6 Å². The van der Waals surface area contributed by atoms with Gasteiger partial charge in [0.05, 0.1) is 5.75 Å². The summed E-state index contributed by atoms with van der Waals surface area (Å²) in [6, 6.07) is 19.7. The summed E-state index contributed by atoms with van der Waals surface area (Å²) >= 11 is 2.78. The zero-order valence-electron chi connectivity index (χ0n) is 16.2. The molecular weight excluding hydrogens is 402 g/mol. The molecule has 0 spiro atoms. The molecule has 0 bridgehead atoms. The number of carbonyl (C=O) groups excluding carboxylic acids is 2. The van der Waals surface area contributed by atoms with Crippen LogP contribution in [0, 0.1) is 0 Å². The van der Waals surface area contributed by atoms with E-state index in [1.54, 1.807) is 0 Å². The van der Waals surface area contributed by atoms with E-state index in [2.05, 4.69) is 15.6 Å². The molecule has 0 unspecified atom stereocenters. The van der Waals surface area contributed by atoms with Gasteiger partial charge in [0.15, 0.2) is 4.34 Å². The molecule has 0 aliphatic carbocycles. The number of nitrogens with one attached hydrogen (secondary N) is 2. The minimum absolute atomic E-state index is 0.0255. The normalized spacial score (nSPS) is 10.5. The van der Waals surface area contributed by atoms with Gasteiger partial charge >= 0.3 is 0 Å². The number of thiazole rings is 1. The molecule has 1 aromatic heterocycles. The van der Waals surface area contributed by atoms with Gasteiger partial charge in [0, 0.05) is 18.5 Å². The van der Waals surface area contributed by atoms with Crippen molar-refractivity contribution in [1.82, 2.24) is 10.3 Å². The van der Waals surface area contributed by atoms with E-state index in [-0.39, 0.29) is 11.8 Å². The predicted octanol–water partition coefficient (Wildman–Crippen LogP) is 4.61. The molecule has 0 atom stereocenters. The lowest BCUT2D eigenvalue weighted by Gasteiger charge is -2.05. The zero-order valence-corrected chi connectivity index (χ0v) is 17.8. The molecule has 29 heavy (non-hydrogen) atoms. The van der Waals surface area contributed by atoms with Crippen molar-refractivity contribution < 1.29 is 9.59 Å². The van der Waals surface area contributed by atoms with Gasteiger partial charge in [-0.05, 0) is 18.9 Å². The number of nitrogens with zero attached hydrogens (tertiary/aromatic N) is 1. The molecule has 2 aromatic carbocycles. The first-order chi connectivity index (χ1) is 14.2. The molecule has 2 amide bonds. The Morgan fingerprint density at radius 2 is 1.69 bits per heavy atom. The van der Waals surface area contributed by atoms with Gasteiger partial charge in [0.25, 0.3) is 0 Å². The monoisotopic (exact) mass is 425 g/mol. The summed E-state index contributed by atoms with van der Waals surface area (Å²) in [5.41, 5.74) is 2.81. The van der Waals surface area contributed by atoms with Crippen molar-refractivity contribution in [2.24, 2.45) is 0 Å². The lowest BCUT2D eigenvalue weighted by atomic mass is 10.1. The molecule has 7 heteroatoms. The number of benzene rings is 2. The summed E-state index contributed by atoms with van der Waals surface area (Å²) in [4.78, 5) is 28.9. The van der Waals surface area contributed by atoms with Crippen molar-refractivity contribution >= 4 is 39.9 Å². The van der Waals surface area contributed by atoms with Crippen LogP contribution in [-0.2, 0) is 16.0 Å². The van der Waals surface area contributed by atoms with Gasteiger partial charge in [-0.2, -0.15) is 0 Å². The van der Waals surface area contributed by atoms with E-state index >= 15 is 0 Å². The Morgan fingerprint density at radius 3 is 2.38 bits per heavy atom. The minimum atomic E-state index is -0.0463. The highest BCUT2D eigenvalue weighted by Crippen LogP contribution is 2.37. The van der Waals surface area contributed by atoms with E-state index in [0.29, 0.717) is 30.1 Å². The molecule has 1 heterocycles. The van der Waals surface area contributed by atoms with E-state index in [4.69, 9.17) is 0 Å². The summed E-state index contributed by atoms with van der Waals surface area (Å²) < 4.78 is 0.758. The number of amides is 2. The van der Waals surface area contributed by atoms with Gasteiger partial charge in [-0.25, -0.2) is 4.98 Å². The number of aryl methyl sites for hydroxylation is 1. The first-order valence-corrected chi connectivity index (χ1v) is 11.3. The van der Waals surface area contributed by atoms with E-state index in [0.717, 1.165) is 21.2 Å². The molecule has 0 radical (unpaired) electrons. The molecule has 5 nitrogen and oxygen atoms in total. The van der Waals surface area contributed by atoms with Crippen molar-refractivity contribution in [3.05, 3.63) is 66.2 Å². The van der Waals surface area contributed by atoms with Gasteiger partial charge in [-0.1, -0.05) is 83.8 Å². The molecule has 150 valence electrons. The lowest BCUT2D eigenvalue weighted by Crippen LogP contribution is -2.24. The van der Waals surface area contributed by atoms with E-state index < -0.39 is 0 Å². The molecule has 0 aliphatic heterocycles. The maximum atomic E-state index is 12.5. The van der Waals surface area contributed by atoms with Crippen molar-refractivity contribution in [1.29, 1.82) is 0 Å². The quantitative estimate of drug-likeness (QED) is 0.491. The summed E-state index contributed by atoms with van der Waals surface area (Å²) in [7, 11) is 0. The second-order valence-corrected chi connectivity index (χ2v) is 8.52. The second kappa shape index (κ2) is 10.8. The van der Waals surface area contributed by atoms with Crippen LogP contribution in [0.25, 0.3) is 11.3 Å². The maximum Gasteiger partial charge on any atom is 0.230 e. The average Bonchev–Trinajstić information content (AvgIpc) is 3.15. The number of anilines is 1. The van der Waals surface area contributed by atoms with Gasteiger partial charge in [0.1, 0.15) is 10.7 Å². The highest BCUT2D eigenvalue weighted by atomic mass is 32.2. The number of carbonyl (C=O) groups is 2. The minimum Gasteiger partial charge on any atom is -0.356 e. The molecular formula is C22H23N3O2S2. The number of hydrogen-bond donors (Lipinski definition) is 2. The highest BCUT2D eigenvalue weighted by molar-refractivity contribution is 8.01. The van der Waals surface area contributed by atoms with Crippen LogP contribution in [0.3, 0.4) is 0 Å². The summed E-state index contributed by atoms with van der Waals surface area (Å²) in [6.45, 7) is 2.50. The molecule has 3 rings (SSSR count). The fraction of sp³-hybridized carbons (Fsp3) is 0.227. The van der Waals surface area contributed by atoms with Gasteiger partial charge < -0.3 is 10.6 Å². The summed E-state index contributed by atoms with van der Waals surface area (Å²) in [5, 5.41) is 6.51. The van der Waals surface area contributed by atoms with Crippen LogP contribution in [0.1, 0.15) is 18.9 Å². The van der Waals surface area contributed by atoms with Crippen LogP contribution in [0.4, 0.5) is 5.00 Å². The predicted molar refractivity (Wildman–Crippen MR) is 120 cm³/mol. The summed E-state index contributed by atoms with van der Waals surface area (Å²) in [5.74, 6) is 0.231. The SMILES string of the molecule is CCNC(=O)CSc1nc(-c2ccccc2)c(NC(=O)CCc2ccccc2)s1. The van der Waals surface area contributed by atoms with Crippen LogP contribution >= 0.6 is 23.1 Å². The number of thioether (sulfide) groups is 1. The molecule has 0 saturated carbocycles. The molecule has 3 aromatic rings. The molecule has 0 aliphatic rings. The third kappa shape index (κ3) is 6.44. The third-order valence-electron chi connectivity index (χ3n) is 4.09. The van der Waals surface area contributed by atoms with Crippen LogP contribution in [0.5, 0.6) is 0 Å². The standard InChI is InChI=1S/C22H23N3O2S2/c1-2-23-19(27)15-28-22-25-20(17-11-7-4-8-12-17)21(29-22)24-18(26)14-13-16-9-5-3-6-10-16/h3-12H,2,13-15H2,1H3,(H,23,27)(H,24,26). The fourth-order valence-corrected chi connectivity index (χ4v) is 4.62. The third-order valence-corrected chi connectivity index (χ3v) is 6.21. The largest absolute Gasteiger partial charge is 0.356 e. The first kappa shape index (κ1) is 21.1. The second-order valence-electron chi connectivity index (χ2n) is 6.30. The lowest BCUT2D eigenvalue weighted by molar-refractivity contribution is -0.118. The van der Waals surface area contributed by atoms with E-state index in [9.17, 15) is 9.59 Å². The smallest absolute Gasteiger partial charge is 0.230 e. The van der Waals surface area contributed by atoms with Gasteiger partial charge in [-0.3, -0.25) is 9.59 Å². The van der Waals surface area contributed by atoms with Crippen LogP contribution in [-0.4, -0.2) is 29.1 Å². The highest BCUT2D eigenvalue weighted by Gasteiger charge is 2.16. The number of hydrogen-bond acceptors (Lipinski definition) is 5. The van der Waals surface area contributed by atoms with Crippen molar-refractivity contribution in [3.63, 3.8) is 0 Å². The molecule has 2 N–H and O–H groups in total. The van der Waals surface area contributed by atoms with Crippen LogP contribution in [0.15, 0.2) is 65.0 Å². The Hall–Kier alpha value is -2.64. The van der Waals surface area contributed by atoms with Crippen molar-refractivity contribution in [3.8, 4) is 11.3 Å². The Morgan fingerprint density at radius 1 is 1.00 bits per heavy atom.